The third kappa shape index (κ3) is 1.97. The van der Waals surface area contributed by atoms with Gasteiger partial charge < -0.3 is 11.1 Å². The van der Waals surface area contributed by atoms with Gasteiger partial charge in [-0.3, -0.25) is 0 Å². The standard InChI is InChI=1S/C12H18N2/c1-9-3-2-4-10(7-9)11-8-14-6-5-12(11)13/h2-4,7,11-12,14H,5-6,8,13H2,1H3. The van der Waals surface area contributed by atoms with E-state index < -0.39 is 0 Å². The first kappa shape index (κ1) is 9.69. The second kappa shape index (κ2) is 4.11. The smallest absolute Gasteiger partial charge is 0.0132 e. The molecule has 3 N–H and O–H groups in total. The maximum absolute atomic E-state index is 6.12. The molecule has 0 aliphatic carbocycles. The van der Waals surface area contributed by atoms with E-state index >= 15 is 0 Å². The number of hydrogen-bond acceptors (Lipinski definition) is 2. The fraction of sp³-hybridized carbons (Fsp3) is 0.500. The minimum absolute atomic E-state index is 0.318. The highest BCUT2D eigenvalue weighted by atomic mass is 14.9. The van der Waals surface area contributed by atoms with E-state index in [9.17, 15) is 0 Å². The van der Waals surface area contributed by atoms with Gasteiger partial charge in [0.05, 0.1) is 0 Å². The third-order valence-electron chi connectivity index (χ3n) is 3.01. The Morgan fingerprint density at radius 3 is 3.00 bits per heavy atom. The van der Waals surface area contributed by atoms with Crippen LogP contribution in [-0.2, 0) is 0 Å². The van der Waals surface area contributed by atoms with E-state index in [1.165, 1.54) is 11.1 Å². The normalized spacial score (nSPS) is 27.6. The molecule has 2 nitrogen and oxygen atoms in total. The van der Waals surface area contributed by atoms with Gasteiger partial charge in [-0.25, -0.2) is 0 Å². The predicted molar refractivity (Wildman–Crippen MR) is 59.4 cm³/mol. The molecule has 2 atom stereocenters. The van der Waals surface area contributed by atoms with Gasteiger partial charge in [-0.15, -0.1) is 0 Å². The third-order valence-corrected chi connectivity index (χ3v) is 3.01. The van der Waals surface area contributed by atoms with Crippen LogP contribution in [0.5, 0.6) is 0 Å². The molecule has 1 aromatic rings. The minimum atomic E-state index is 0.318. The van der Waals surface area contributed by atoms with Gasteiger partial charge in [0.15, 0.2) is 0 Å². The Labute approximate surface area is 85.5 Å². The summed E-state index contributed by atoms with van der Waals surface area (Å²) in [5.41, 5.74) is 8.82. The van der Waals surface area contributed by atoms with Crippen LogP contribution in [-0.4, -0.2) is 19.1 Å². The number of aryl methyl sites for hydroxylation is 1. The molecule has 1 aliphatic heterocycles. The molecule has 0 radical (unpaired) electrons. The number of piperidine rings is 1. The van der Waals surface area contributed by atoms with E-state index in [4.69, 9.17) is 5.73 Å². The molecule has 2 rings (SSSR count). The summed E-state index contributed by atoms with van der Waals surface area (Å²) in [5.74, 6) is 0.489. The summed E-state index contributed by atoms with van der Waals surface area (Å²) in [5, 5.41) is 3.40. The molecule has 1 heterocycles. The van der Waals surface area contributed by atoms with Gasteiger partial charge in [0.1, 0.15) is 0 Å². The lowest BCUT2D eigenvalue weighted by Gasteiger charge is -2.29. The molecule has 0 aromatic heterocycles. The van der Waals surface area contributed by atoms with Crippen molar-refractivity contribution < 1.29 is 0 Å². The van der Waals surface area contributed by atoms with Gasteiger partial charge in [0.2, 0.25) is 0 Å². The highest BCUT2D eigenvalue weighted by Gasteiger charge is 2.22. The van der Waals surface area contributed by atoms with Crippen molar-refractivity contribution in [2.45, 2.75) is 25.3 Å². The molecule has 2 unspecified atom stereocenters. The van der Waals surface area contributed by atoms with Crippen LogP contribution in [0.25, 0.3) is 0 Å². The first-order chi connectivity index (χ1) is 6.77. The highest BCUT2D eigenvalue weighted by Crippen LogP contribution is 2.22. The van der Waals surface area contributed by atoms with Gasteiger partial charge in [0, 0.05) is 18.5 Å². The van der Waals surface area contributed by atoms with Crippen molar-refractivity contribution in [3.63, 3.8) is 0 Å². The van der Waals surface area contributed by atoms with Crippen molar-refractivity contribution >= 4 is 0 Å². The van der Waals surface area contributed by atoms with Crippen molar-refractivity contribution in [2.24, 2.45) is 5.73 Å². The Morgan fingerprint density at radius 1 is 1.43 bits per heavy atom. The zero-order valence-electron chi connectivity index (χ0n) is 8.66. The Hall–Kier alpha value is -0.860. The molecular weight excluding hydrogens is 172 g/mol. The number of nitrogens with two attached hydrogens (primary N) is 1. The fourth-order valence-electron chi connectivity index (χ4n) is 2.14. The fourth-order valence-corrected chi connectivity index (χ4v) is 2.14. The Kier molecular flexibility index (Phi) is 2.85. The Balaban J connectivity index is 2.20. The molecule has 0 bridgehead atoms. The van der Waals surface area contributed by atoms with Crippen LogP contribution >= 0.6 is 0 Å². The molecule has 1 fully saturated rings. The van der Waals surface area contributed by atoms with Crippen LogP contribution in [0, 0.1) is 6.92 Å². The van der Waals surface area contributed by atoms with Crippen molar-refractivity contribution in [1.82, 2.24) is 5.32 Å². The van der Waals surface area contributed by atoms with Gasteiger partial charge in [-0.2, -0.15) is 0 Å². The Morgan fingerprint density at radius 2 is 2.29 bits per heavy atom. The summed E-state index contributed by atoms with van der Waals surface area (Å²) in [6.07, 6.45) is 1.08. The van der Waals surface area contributed by atoms with Crippen LogP contribution in [0.2, 0.25) is 0 Å². The summed E-state index contributed by atoms with van der Waals surface area (Å²) in [7, 11) is 0. The quantitative estimate of drug-likeness (QED) is 0.702. The second-order valence-corrected chi connectivity index (χ2v) is 4.18. The van der Waals surface area contributed by atoms with E-state index in [0.29, 0.717) is 12.0 Å². The van der Waals surface area contributed by atoms with E-state index in [1.807, 2.05) is 0 Å². The van der Waals surface area contributed by atoms with Crippen LogP contribution < -0.4 is 11.1 Å². The van der Waals surface area contributed by atoms with E-state index in [-0.39, 0.29) is 0 Å². The van der Waals surface area contributed by atoms with Crippen molar-refractivity contribution in [1.29, 1.82) is 0 Å². The first-order valence-electron chi connectivity index (χ1n) is 5.30. The summed E-state index contributed by atoms with van der Waals surface area (Å²) < 4.78 is 0. The largest absolute Gasteiger partial charge is 0.327 e. The maximum atomic E-state index is 6.12. The SMILES string of the molecule is Cc1cccc(C2CNCCC2N)c1. The molecule has 0 amide bonds. The van der Waals surface area contributed by atoms with Crippen LogP contribution in [0.4, 0.5) is 0 Å². The van der Waals surface area contributed by atoms with Gasteiger partial charge in [-0.05, 0) is 25.5 Å². The lowest BCUT2D eigenvalue weighted by atomic mass is 9.87. The van der Waals surface area contributed by atoms with Gasteiger partial charge in [-0.1, -0.05) is 29.8 Å². The highest BCUT2D eigenvalue weighted by molar-refractivity contribution is 5.27. The van der Waals surface area contributed by atoms with E-state index in [1.54, 1.807) is 0 Å². The van der Waals surface area contributed by atoms with Gasteiger partial charge >= 0.3 is 0 Å². The lowest BCUT2D eigenvalue weighted by Crippen LogP contribution is -2.43. The predicted octanol–water partition coefficient (Wildman–Crippen LogP) is 1.40. The number of nitrogens with one attached hydrogen (secondary N) is 1. The Bertz CT molecular complexity index is 309. The van der Waals surface area contributed by atoms with Crippen LogP contribution in [0.3, 0.4) is 0 Å². The molecule has 76 valence electrons. The molecule has 0 spiro atoms. The maximum Gasteiger partial charge on any atom is 0.0132 e. The van der Waals surface area contributed by atoms with E-state index in [0.717, 1.165) is 19.5 Å². The monoisotopic (exact) mass is 190 g/mol. The average molecular weight is 190 g/mol. The molecule has 1 aliphatic rings. The molecule has 14 heavy (non-hydrogen) atoms. The second-order valence-electron chi connectivity index (χ2n) is 4.18. The molecule has 1 saturated heterocycles. The molecule has 0 saturated carbocycles. The summed E-state index contributed by atoms with van der Waals surface area (Å²) in [4.78, 5) is 0. The van der Waals surface area contributed by atoms with Crippen LogP contribution in [0.15, 0.2) is 24.3 Å². The average Bonchev–Trinajstić information content (AvgIpc) is 2.18. The minimum Gasteiger partial charge on any atom is -0.327 e. The van der Waals surface area contributed by atoms with Crippen molar-refractivity contribution in [2.75, 3.05) is 13.1 Å². The summed E-state index contributed by atoms with van der Waals surface area (Å²) >= 11 is 0. The topological polar surface area (TPSA) is 38.0 Å². The summed E-state index contributed by atoms with van der Waals surface area (Å²) in [6, 6.07) is 9.00. The van der Waals surface area contributed by atoms with Gasteiger partial charge in [0.25, 0.3) is 0 Å². The summed E-state index contributed by atoms with van der Waals surface area (Å²) in [6.45, 7) is 4.21. The van der Waals surface area contributed by atoms with Crippen molar-refractivity contribution in [3.8, 4) is 0 Å². The zero-order chi connectivity index (χ0) is 9.97. The van der Waals surface area contributed by atoms with E-state index in [2.05, 4.69) is 36.5 Å². The molecule has 2 heteroatoms. The lowest BCUT2D eigenvalue weighted by molar-refractivity contribution is 0.403. The van der Waals surface area contributed by atoms with Crippen molar-refractivity contribution in [3.05, 3.63) is 35.4 Å². The first-order valence-corrected chi connectivity index (χ1v) is 5.30. The number of rotatable bonds is 1. The molecular formula is C12H18N2. The number of hydrogen-bond donors (Lipinski definition) is 2. The molecule has 1 aromatic carbocycles. The zero-order valence-corrected chi connectivity index (χ0v) is 8.66. The number of benzene rings is 1. The van der Waals surface area contributed by atoms with Crippen LogP contribution in [0.1, 0.15) is 23.5 Å².